The first-order valence-electron chi connectivity index (χ1n) is 6.53. The lowest BCUT2D eigenvalue weighted by atomic mass is 10.1. The highest BCUT2D eigenvalue weighted by Crippen LogP contribution is 2.14. The first-order valence-corrected chi connectivity index (χ1v) is 8.96. The second-order valence-electron chi connectivity index (χ2n) is 4.44. The molecule has 2 radical (unpaired) electrons. The number of hydrogen-bond acceptors (Lipinski definition) is 4. The minimum Gasteiger partial charge on any atom is -0.492 e. The molecule has 0 aromatic carbocycles. The number of unbranched alkanes of at least 4 members (excludes halogenated alkanes) is 6. The third-order valence-corrected chi connectivity index (χ3v) is 4.05. The zero-order chi connectivity index (χ0) is 14.0. The molecule has 0 saturated heterocycles. The van der Waals surface area contributed by atoms with Crippen molar-refractivity contribution in [2.75, 3.05) is 12.4 Å². The van der Waals surface area contributed by atoms with E-state index in [4.69, 9.17) is 9.29 Å². The first-order chi connectivity index (χ1) is 9.08. The van der Waals surface area contributed by atoms with Crippen LogP contribution in [-0.2, 0) is 10.1 Å². The quantitative estimate of drug-likeness (QED) is 0.503. The van der Waals surface area contributed by atoms with Crippen LogP contribution in [0.15, 0.2) is 6.07 Å². The zero-order valence-corrected chi connectivity index (χ0v) is 12.6. The van der Waals surface area contributed by atoms with Crippen LogP contribution in [0.4, 0.5) is 0 Å². The number of thiophene rings is 1. The Morgan fingerprint density at radius 3 is 2.32 bits per heavy atom. The predicted molar refractivity (Wildman–Crippen MR) is 76.2 cm³/mol. The van der Waals surface area contributed by atoms with Crippen LogP contribution in [0.1, 0.15) is 44.9 Å². The van der Waals surface area contributed by atoms with Crippen LogP contribution in [0.3, 0.4) is 0 Å². The molecule has 6 heteroatoms. The fourth-order valence-corrected chi connectivity index (χ4v) is 2.73. The molecule has 108 valence electrons. The van der Waals surface area contributed by atoms with Crippen molar-refractivity contribution in [2.24, 2.45) is 0 Å². The monoisotopic (exact) mass is 304 g/mol. The van der Waals surface area contributed by atoms with E-state index in [2.05, 4.69) is 10.8 Å². The highest BCUT2D eigenvalue weighted by atomic mass is 32.2. The molecular weight excluding hydrogens is 284 g/mol. The van der Waals surface area contributed by atoms with Gasteiger partial charge in [-0.05, 0) is 12.8 Å². The number of hydrogen-bond donors (Lipinski definition) is 1. The zero-order valence-electron chi connectivity index (χ0n) is 10.9. The molecule has 0 aliphatic heterocycles. The van der Waals surface area contributed by atoms with Crippen LogP contribution in [0.5, 0.6) is 5.75 Å². The van der Waals surface area contributed by atoms with E-state index in [1.54, 1.807) is 6.07 Å². The second kappa shape index (κ2) is 9.34. The number of ether oxygens (including phenoxy) is 1. The van der Waals surface area contributed by atoms with Crippen LogP contribution in [0.25, 0.3) is 0 Å². The van der Waals surface area contributed by atoms with Gasteiger partial charge in [-0.15, -0.1) is 11.3 Å². The maximum Gasteiger partial charge on any atom is 0.264 e. The molecule has 0 saturated carbocycles. The molecule has 0 aliphatic carbocycles. The van der Waals surface area contributed by atoms with Crippen molar-refractivity contribution in [3.63, 3.8) is 0 Å². The fraction of sp³-hybridized carbons (Fsp3) is 0.692. The topological polar surface area (TPSA) is 63.6 Å². The van der Waals surface area contributed by atoms with Crippen molar-refractivity contribution >= 4 is 21.5 Å². The molecule has 1 aromatic rings. The molecule has 19 heavy (non-hydrogen) atoms. The summed E-state index contributed by atoms with van der Waals surface area (Å²) >= 11 is 1.39. The number of rotatable bonds is 11. The molecule has 0 aliphatic rings. The second-order valence-corrected chi connectivity index (χ2v) is 6.66. The molecule has 0 unspecified atom stereocenters. The summed E-state index contributed by atoms with van der Waals surface area (Å²) in [6.45, 7) is 0.712. The Kier molecular flexibility index (Phi) is 8.09. The maximum atomic E-state index is 10.5. The Balaban J connectivity index is 1.81. The molecule has 1 aromatic heterocycles. The van der Waals surface area contributed by atoms with Crippen molar-refractivity contribution in [3.05, 3.63) is 16.8 Å². The summed E-state index contributed by atoms with van der Waals surface area (Å²) in [4.78, 5) is 0. The van der Waals surface area contributed by atoms with Gasteiger partial charge in [0.05, 0.1) is 17.7 Å². The Bertz CT molecular complexity index is 412. The Hall–Kier alpha value is -0.590. The average Bonchev–Trinajstić information content (AvgIpc) is 2.83. The van der Waals surface area contributed by atoms with E-state index in [0.29, 0.717) is 13.0 Å². The van der Waals surface area contributed by atoms with E-state index < -0.39 is 10.1 Å². The van der Waals surface area contributed by atoms with E-state index in [9.17, 15) is 8.42 Å². The first kappa shape index (κ1) is 16.5. The molecule has 4 nitrogen and oxygen atoms in total. The van der Waals surface area contributed by atoms with Crippen LogP contribution < -0.4 is 4.74 Å². The summed E-state index contributed by atoms with van der Waals surface area (Å²) in [5, 5.41) is 5.89. The van der Waals surface area contributed by atoms with Gasteiger partial charge in [-0.2, -0.15) is 8.42 Å². The Morgan fingerprint density at radius 2 is 1.74 bits per heavy atom. The summed E-state index contributed by atoms with van der Waals surface area (Å²) < 4.78 is 35.0. The third-order valence-electron chi connectivity index (χ3n) is 2.70. The molecule has 0 bridgehead atoms. The molecule has 0 spiro atoms. The van der Waals surface area contributed by atoms with Crippen LogP contribution in [0, 0.1) is 10.8 Å². The van der Waals surface area contributed by atoms with Crippen molar-refractivity contribution in [2.45, 2.75) is 44.9 Å². The van der Waals surface area contributed by atoms with Crippen LogP contribution in [-0.4, -0.2) is 25.3 Å². The summed E-state index contributed by atoms with van der Waals surface area (Å²) in [6.07, 6.45) is 6.80. The predicted octanol–water partition coefficient (Wildman–Crippen LogP) is 3.35. The normalized spacial score (nSPS) is 11.6. The average molecular weight is 304 g/mol. The molecule has 0 amide bonds. The van der Waals surface area contributed by atoms with Crippen LogP contribution in [0.2, 0.25) is 0 Å². The highest BCUT2D eigenvalue weighted by Gasteiger charge is 2.02. The van der Waals surface area contributed by atoms with Crippen molar-refractivity contribution in [1.29, 1.82) is 0 Å². The summed E-state index contributed by atoms with van der Waals surface area (Å²) in [7, 11) is -3.77. The highest BCUT2D eigenvalue weighted by molar-refractivity contribution is 7.85. The van der Waals surface area contributed by atoms with Gasteiger partial charge in [-0.25, -0.2) is 0 Å². The van der Waals surface area contributed by atoms with Crippen LogP contribution >= 0.6 is 11.3 Å². The van der Waals surface area contributed by atoms with Gasteiger partial charge >= 0.3 is 0 Å². The lowest BCUT2D eigenvalue weighted by Gasteiger charge is -2.03. The molecule has 1 N–H and O–H groups in total. The Labute approximate surface area is 119 Å². The van der Waals surface area contributed by atoms with Gasteiger partial charge in [-0.3, -0.25) is 4.55 Å². The van der Waals surface area contributed by atoms with Gasteiger partial charge in [0.2, 0.25) is 0 Å². The summed E-state index contributed by atoms with van der Waals surface area (Å²) in [5.74, 6) is 0.657. The molecule has 0 atom stereocenters. The largest absolute Gasteiger partial charge is 0.492 e. The van der Waals surface area contributed by atoms with Crippen molar-refractivity contribution < 1.29 is 17.7 Å². The standard InChI is InChI=1S/C13H20O4S2/c14-19(15,16)11-7-5-3-1-2-4-6-9-17-13-8-10-18-12-13/h8H,1-7,9,11H2,(H,14,15,16). The van der Waals surface area contributed by atoms with E-state index in [0.717, 1.165) is 44.3 Å². The molecule has 0 fully saturated rings. The van der Waals surface area contributed by atoms with Gasteiger partial charge in [-0.1, -0.05) is 32.1 Å². The minimum atomic E-state index is -3.77. The van der Waals surface area contributed by atoms with Gasteiger partial charge < -0.3 is 4.74 Å². The van der Waals surface area contributed by atoms with E-state index in [-0.39, 0.29) is 5.75 Å². The van der Waals surface area contributed by atoms with Crippen molar-refractivity contribution in [3.8, 4) is 5.75 Å². The van der Waals surface area contributed by atoms with E-state index >= 15 is 0 Å². The maximum absolute atomic E-state index is 10.5. The smallest absolute Gasteiger partial charge is 0.264 e. The van der Waals surface area contributed by atoms with E-state index in [1.807, 2.05) is 0 Å². The van der Waals surface area contributed by atoms with Gasteiger partial charge in [0, 0.05) is 11.4 Å². The van der Waals surface area contributed by atoms with Gasteiger partial charge in [0.1, 0.15) is 5.75 Å². The van der Waals surface area contributed by atoms with Crippen molar-refractivity contribution in [1.82, 2.24) is 0 Å². The molecule has 1 heterocycles. The lowest BCUT2D eigenvalue weighted by Crippen LogP contribution is -2.03. The minimum absolute atomic E-state index is 0.116. The fourth-order valence-electron chi connectivity index (χ4n) is 1.72. The Morgan fingerprint density at radius 1 is 1.11 bits per heavy atom. The van der Waals surface area contributed by atoms with Gasteiger partial charge in [0.25, 0.3) is 10.1 Å². The summed E-state index contributed by atoms with van der Waals surface area (Å²) in [5.41, 5.74) is 0. The summed E-state index contributed by atoms with van der Waals surface area (Å²) in [6, 6.07) is 1.79. The van der Waals surface area contributed by atoms with Gasteiger partial charge in [0.15, 0.2) is 0 Å². The SMILES string of the molecule is O=S(=O)(O)CCCCCCCCCOc1[c]s[c]c1. The third kappa shape index (κ3) is 9.92. The molecular formula is C13H20O4S2. The lowest BCUT2D eigenvalue weighted by molar-refractivity contribution is 0.305. The van der Waals surface area contributed by atoms with E-state index in [1.165, 1.54) is 11.3 Å². The molecule has 1 rings (SSSR count).